The molecule has 0 fully saturated rings. The van der Waals surface area contributed by atoms with E-state index in [1.54, 1.807) is 30.3 Å². The van der Waals surface area contributed by atoms with Crippen LogP contribution in [0, 0.1) is 0 Å². The first-order valence-corrected chi connectivity index (χ1v) is 16.3. The molecule has 0 aromatic heterocycles. The van der Waals surface area contributed by atoms with E-state index in [9.17, 15) is 48.6 Å². The molecule has 0 aliphatic carbocycles. The molecule has 0 unspecified atom stereocenters. The lowest BCUT2D eigenvalue weighted by Gasteiger charge is -2.24. The lowest BCUT2D eigenvalue weighted by molar-refractivity contribution is -0.141. The van der Waals surface area contributed by atoms with Crippen LogP contribution in [0.25, 0.3) is 0 Å². The molecule has 0 heterocycles. The number of amides is 5. The van der Waals surface area contributed by atoms with Crippen LogP contribution in [0.3, 0.4) is 0 Å². The van der Waals surface area contributed by atoms with Gasteiger partial charge in [0.2, 0.25) is 29.5 Å². The van der Waals surface area contributed by atoms with Crippen molar-refractivity contribution in [1.82, 2.24) is 26.6 Å². The van der Waals surface area contributed by atoms with Crippen molar-refractivity contribution < 1.29 is 53.7 Å². The molecular weight excluding hydrogens is 694 g/mol. The summed E-state index contributed by atoms with van der Waals surface area (Å²) in [6, 6.07) is 1.60. The van der Waals surface area contributed by atoms with Gasteiger partial charge in [0.15, 0.2) is 5.96 Å². The number of thiol groups is 1. The Labute approximate surface area is 298 Å². The standard InChI is InChI=1S/C30H45N9O11S/c31-17(8-10-23(41)42)25(45)37-19(9-11-24(43)44)28(48)38-20(13-16-5-2-1-3-6-16)26(46)35-14-22(40)36-18(7-4-12-34-30(32)33)27(47)39-21(15-51)29(49)50/h1-3,5-6,17-21,51H,4,7-15,31H2,(H,35,46)(H,36,40)(H,37,45)(H,38,48)(H,39,47)(H,41,42)(H,43,44)(H,49,50)(H4,32,33,34)/t17-,18-,19-,20-,21-/m0/s1. The number of benzene rings is 1. The Morgan fingerprint density at radius 3 is 1.80 bits per heavy atom. The zero-order valence-corrected chi connectivity index (χ0v) is 28.5. The highest BCUT2D eigenvalue weighted by Crippen LogP contribution is 2.07. The van der Waals surface area contributed by atoms with E-state index in [2.05, 4.69) is 44.2 Å². The van der Waals surface area contributed by atoms with Crippen molar-refractivity contribution in [3.8, 4) is 0 Å². The van der Waals surface area contributed by atoms with Crippen LogP contribution < -0.4 is 43.8 Å². The summed E-state index contributed by atoms with van der Waals surface area (Å²) in [5.41, 5.74) is 16.9. The van der Waals surface area contributed by atoms with E-state index < -0.39 is 103 Å². The Hall–Kier alpha value is -5.44. The van der Waals surface area contributed by atoms with Gasteiger partial charge >= 0.3 is 17.9 Å². The number of nitrogens with two attached hydrogens (primary N) is 3. The van der Waals surface area contributed by atoms with Crippen molar-refractivity contribution >= 4 is 66.0 Å². The zero-order valence-electron chi connectivity index (χ0n) is 27.6. The Morgan fingerprint density at radius 2 is 1.25 bits per heavy atom. The number of carbonyl (C=O) groups excluding carboxylic acids is 5. The van der Waals surface area contributed by atoms with Crippen molar-refractivity contribution in [1.29, 1.82) is 0 Å². The van der Waals surface area contributed by atoms with E-state index in [0.717, 1.165) is 0 Å². The molecule has 0 aliphatic heterocycles. The number of carboxylic acids is 3. The molecule has 0 aliphatic rings. The van der Waals surface area contributed by atoms with Gasteiger partial charge < -0.3 is 59.1 Å². The summed E-state index contributed by atoms with van der Waals surface area (Å²) in [5.74, 6) is -8.70. The van der Waals surface area contributed by atoms with Crippen molar-refractivity contribution in [2.24, 2.45) is 22.2 Å². The maximum Gasteiger partial charge on any atom is 0.327 e. The van der Waals surface area contributed by atoms with Crippen LogP contribution in [-0.2, 0) is 44.8 Å². The fourth-order valence-corrected chi connectivity index (χ4v) is 4.57. The van der Waals surface area contributed by atoms with Gasteiger partial charge in [-0.3, -0.25) is 38.6 Å². The molecule has 0 saturated heterocycles. The van der Waals surface area contributed by atoms with E-state index >= 15 is 0 Å². The van der Waals surface area contributed by atoms with Crippen molar-refractivity contribution in [3.63, 3.8) is 0 Å². The number of aliphatic imine (C=N–C) groups is 1. The topological polar surface area (TPSA) is 348 Å². The fourth-order valence-electron chi connectivity index (χ4n) is 4.32. The molecule has 282 valence electrons. The Kier molecular flexibility index (Phi) is 19.7. The number of aliphatic carboxylic acids is 3. The molecule has 51 heavy (non-hydrogen) atoms. The highest BCUT2D eigenvalue weighted by Gasteiger charge is 2.30. The van der Waals surface area contributed by atoms with Gasteiger partial charge in [-0.15, -0.1) is 0 Å². The second-order valence-electron chi connectivity index (χ2n) is 11.2. The smallest absolute Gasteiger partial charge is 0.327 e. The third kappa shape index (κ3) is 18.2. The average Bonchev–Trinajstić information content (AvgIpc) is 3.07. The Balaban J connectivity index is 3.12. The van der Waals surface area contributed by atoms with Crippen LogP contribution in [-0.4, -0.2) is 118 Å². The number of nitrogens with zero attached hydrogens (tertiary/aromatic N) is 1. The number of guanidine groups is 1. The molecule has 0 saturated carbocycles. The number of carboxylic acid groups (broad SMARTS) is 3. The number of nitrogens with one attached hydrogen (secondary N) is 5. The SMILES string of the molecule is NC(N)=NCCC[C@H](NC(=O)CNC(=O)[C@H](Cc1ccccc1)NC(=O)[C@H](CCC(=O)O)NC(=O)[C@@H](N)CCC(=O)O)C(=O)N[C@@H](CS)C(=O)O. The van der Waals surface area contributed by atoms with Crippen LogP contribution in [0.5, 0.6) is 0 Å². The summed E-state index contributed by atoms with van der Waals surface area (Å²) >= 11 is 3.91. The number of rotatable bonds is 24. The minimum absolute atomic E-state index is 0.0166. The number of hydrogen-bond donors (Lipinski definition) is 12. The summed E-state index contributed by atoms with van der Waals surface area (Å²) < 4.78 is 0. The summed E-state index contributed by atoms with van der Waals surface area (Å²) in [6.07, 6.45) is -1.57. The summed E-state index contributed by atoms with van der Waals surface area (Å²) in [5, 5.41) is 39.1. The average molecular weight is 740 g/mol. The predicted molar refractivity (Wildman–Crippen MR) is 184 cm³/mol. The maximum atomic E-state index is 13.4. The lowest BCUT2D eigenvalue weighted by atomic mass is 10.0. The molecule has 1 aromatic carbocycles. The lowest BCUT2D eigenvalue weighted by Crippen LogP contribution is -2.57. The van der Waals surface area contributed by atoms with Gasteiger partial charge in [0.05, 0.1) is 12.6 Å². The largest absolute Gasteiger partial charge is 0.481 e. The van der Waals surface area contributed by atoms with E-state index in [0.29, 0.717) is 5.56 Å². The molecule has 5 amide bonds. The normalized spacial score (nSPS) is 13.5. The number of hydrogen-bond acceptors (Lipinski definition) is 11. The highest BCUT2D eigenvalue weighted by atomic mass is 32.1. The van der Waals surface area contributed by atoms with Gasteiger partial charge in [0.25, 0.3) is 0 Å². The molecule has 14 N–H and O–H groups in total. The maximum absolute atomic E-state index is 13.4. The molecule has 20 nitrogen and oxygen atoms in total. The third-order valence-electron chi connectivity index (χ3n) is 7.02. The first kappa shape index (κ1) is 43.6. The van der Waals surface area contributed by atoms with E-state index in [4.69, 9.17) is 22.3 Å². The molecule has 0 spiro atoms. The van der Waals surface area contributed by atoms with E-state index in [-0.39, 0.29) is 43.9 Å². The number of carbonyl (C=O) groups is 8. The summed E-state index contributed by atoms with van der Waals surface area (Å²) in [4.78, 5) is 102. The molecule has 5 atom stereocenters. The van der Waals surface area contributed by atoms with E-state index in [1.165, 1.54) is 0 Å². The second kappa shape index (κ2) is 23.1. The molecule has 0 bridgehead atoms. The third-order valence-corrected chi connectivity index (χ3v) is 7.38. The van der Waals surface area contributed by atoms with Gasteiger partial charge in [-0.25, -0.2) is 4.79 Å². The monoisotopic (exact) mass is 739 g/mol. The first-order valence-electron chi connectivity index (χ1n) is 15.6. The molecular formula is C30H45N9O11S. The summed E-state index contributed by atoms with van der Waals surface area (Å²) in [7, 11) is 0. The van der Waals surface area contributed by atoms with Crippen LogP contribution in [0.15, 0.2) is 35.3 Å². The zero-order chi connectivity index (χ0) is 38.5. The Bertz CT molecular complexity index is 1410. The van der Waals surface area contributed by atoms with Crippen molar-refractivity contribution in [2.45, 2.75) is 75.2 Å². The van der Waals surface area contributed by atoms with Crippen LogP contribution in [0.1, 0.15) is 44.1 Å². The van der Waals surface area contributed by atoms with Crippen LogP contribution in [0.2, 0.25) is 0 Å². The van der Waals surface area contributed by atoms with Crippen LogP contribution >= 0.6 is 12.6 Å². The van der Waals surface area contributed by atoms with Gasteiger partial charge in [0.1, 0.15) is 24.2 Å². The molecule has 1 aromatic rings. The minimum Gasteiger partial charge on any atom is -0.481 e. The first-order chi connectivity index (χ1) is 24.0. The molecule has 0 radical (unpaired) electrons. The predicted octanol–water partition coefficient (Wildman–Crippen LogP) is -3.59. The Morgan fingerprint density at radius 1 is 0.706 bits per heavy atom. The summed E-state index contributed by atoms with van der Waals surface area (Å²) in [6.45, 7) is -0.596. The van der Waals surface area contributed by atoms with E-state index in [1.807, 2.05) is 0 Å². The van der Waals surface area contributed by atoms with Gasteiger partial charge in [-0.2, -0.15) is 12.6 Å². The van der Waals surface area contributed by atoms with Crippen molar-refractivity contribution in [2.75, 3.05) is 18.8 Å². The minimum atomic E-state index is -1.48. The highest BCUT2D eigenvalue weighted by molar-refractivity contribution is 7.80. The second-order valence-corrected chi connectivity index (χ2v) is 11.5. The van der Waals surface area contributed by atoms with Crippen molar-refractivity contribution in [3.05, 3.63) is 35.9 Å². The van der Waals surface area contributed by atoms with Crippen LogP contribution in [0.4, 0.5) is 0 Å². The fraction of sp³-hybridized carbons (Fsp3) is 0.500. The van der Waals surface area contributed by atoms with Gasteiger partial charge in [-0.05, 0) is 31.2 Å². The molecule has 21 heteroatoms. The quantitative estimate of drug-likeness (QED) is 0.0211. The van der Waals surface area contributed by atoms with Gasteiger partial charge in [-0.1, -0.05) is 30.3 Å². The molecule has 1 rings (SSSR count). The van der Waals surface area contributed by atoms with Gasteiger partial charge in [0, 0.05) is 31.6 Å².